The van der Waals surface area contributed by atoms with Gasteiger partial charge in [-0.25, -0.2) is 9.59 Å². The first-order chi connectivity index (χ1) is 18.9. The van der Waals surface area contributed by atoms with Gasteiger partial charge < -0.3 is 30.1 Å². The quantitative estimate of drug-likeness (QED) is 0.395. The van der Waals surface area contributed by atoms with Crippen molar-refractivity contribution in [2.24, 2.45) is 0 Å². The number of hydrogen-bond donors (Lipinski definition) is 3. The highest BCUT2D eigenvalue weighted by atomic mass is 16.6. The van der Waals surface area contributed by atoms with E-state index in [9.17, 15) is 19.5 Å². The third-order valence-electron chi connectivity index (χ3n) is 7.65. The Kier molecular flexibility index (Phi) is 7.90. The van der Waals surface area contributed by atoms with E-state index in [1.807, 2.05) is 86.6 Å². The fraction of sp³-hybridized carbons (Fsp3) is 0.531. The number of likely N-dealkylation sites (tertiary alicyclic amines) is 1. The number of ether oxygens (including phenoxy) is 2. The normalized spacial score (nSPS) is 17.4. The van der Waals surface area contributed by atoms with Crippen LogP contribution in [0.25, 0.3) is 11.1 Å². The van der Waals surface area contributed by atoms with Gasteiger partial charge in [-0.2, -0.15) is 0 Å². The van der Waals surface area contributed by atoms with Crippen LogP contribution in [-0.4, -0.2) is 57.8 Å². The van der Waals surface area contributed by atoms with E-state index >= 15 is 0 Å². The van der Waals surface area contributed by atoms with Crippen LogP contribution in [0.3, 0.4) is 0 Å². The van der Waals surface area contributed by atoms with Crippen LogP contribution < -0.4 is 10.6 Å². The van der Waals surface area contributed by atoms with Gasteiger partial charge in [-0.3, -0.25) is 4.79 Å². The number of carboxylic acid groups (broad SMARTS) is 1. The number of aryl methyl sites for hydroxylation is 1. The molecular formula is C32H43N3O6. The number of nitrogens with zero attached hydrogens (tertiary/aromatic N) is 1. The highest BCUT2D eigenvalue weighted by Gasteiger charge is 2.47. The summed E-state index contributed by atoms with van der Waals surface area (Å²) in [7, 11) is 0. The number of amides is 2. The van der Waals surface area contributed by atoms with E-state index in [0.29, 0.717) is 42.7 Å². The van der Waals surface area contributed by atoms with Crippen molar-refractivity contribution >= 4 is 29.3 Å². The summed E-state index contributed by atoms with van der Waals surface area (Å²) in [4.78, 5) is 40.6. The van der Waals surface area contributed by atoms with Gasteiger partial charge in [0.15, 0.2) is 6.10 Å². The van der Waals surface area contributed by atoms with Gasteiger partial charge in [0.05, 0.1) is 17.0 Å². The summed E-state index contributed by atoms with van der Waals surface area (Å²) < 4.78 is 11.7. The lowest BCUT2D eigenvalue weighted by Gasteiger charge is -2.45. The number of fused-ring (bicyclic) bond motifs is 1. The van der Waals surface area contributed by atoms with Crippen LogP contribution in [0.4, 0.5) is 16.2 Å². The number of carbonyl (C=O) groups is 3. The molecule has 3 N–H and O–H groups in total. The summed E-state index contributed by atoms with van der Waals surface area (Å²) in [5.41, 5.74) is 3.77. The molecule has 2 aliphatic heterocycles. The van der Waals surface area contributed by atoms with Crippen LogP contribution in [0.2, 0.25) is 0 Å². The molecule has 1 saturated heterocycles. The average Bonchev–Trinajstić information content (AvgIpc) is 2.85. The molecule has 9 nitrogen and oxygen atoms in total. The number of anilines is 2. The van der Waals surface area contributed by atoms with E-state index in [2.05, 4.69) is 10.6 Å². The SMILES string of the molecule is Cc1ccc(-c2c(C)c3c(c(C)c2C(OC(C)(C)C)C(=O)O)NC(=O)C2(CCN(C(=O)OC(C)(C)C)CC2)N3)cc1. The van der Waals surface area contributed by atoms with E-state index in [4.69, 9.17) is 9.47 Å². The van der Waals surface area contributed by atoms with Crippen LogP contribution in [0, 0.1) is 20.8 Å². The molecule has 0 saturated carbocycles. The molecule has 0 aromatic heterocycles. The Morgan fingerprint density at radius 1 is 0.927 bits per heavy atom. The third-order valence-corrected chi connectivity index (χ3v) is 7.65. The fourth-order valence-corrected chi connectivity index (χ4v) is 5.62. The van der Waals surface area contributed by atoms with Crippen LogP contribution in [0.5, 0.6) is 0 Å². The van der Waals surface area contributed by atoms with Gasteiger partial charge in [-0.15, -0.1) is 0 Å². The Morgan fingerprint density at radius 2 is 1.51 bits per heavy atom. The highest BCUT2D eigenvalue weighted by molar-refractivity contribution is 6.09. The molecule has 2 aromatic carbocycles. The van der Waals surface area contributed by atoms with Crippen molar-refractivity contribution in [2.45, 2.75) is 98.0 Å². The lowest BCUT2D eigenvalue weighted by molar-refractivity contribution is -0.160. The van der Waals surface area contributed by atoms with Crippen molar-refractivity contribution in [1.82, 2.24) is 4.90 Å². The van der Waals surface area contributed by atoms with Gasteiger partial charge >= 0.3 is 12.1 Å². The molecular weight excluding hydrogens is 522 g/mol. The summed E-state index contributed by atoms with van der Waals surface area (Å²) >= 11 is 0. The zero-order valence-electron chi connectivity index (χ0n) is 25.7. The molecule has 0 aliphatic carbocycles. The van der Waals surface area contributed by atoms with Gasteiger partial charge in [0.1, 0.15) is 11.1 Å². The van der Waals surface area contributed by atoms with Crippen LogP contribution in [0.15, 0.2) is 24.3 Å². The molecule has 1 unspecified atom stereocenters. The van der Waals surface area contributed by atoms with Crippen molar-refractivity contribution in [2.75, 3.05) is 23.7 Å². The predicted octanol–water partition coefficient (Wildman–Crippen LogP) is 6.35. The number of nitrogens with one attached hydrogen (secondary N) is 2. The van der Waals surface area contributed by atoms with Crippen molar-refractivity contribution < 1.29 is 29.0 Å². The first-order valence-electron chi connectivity index (χ1n) is 14.1. The minimum atomic E-state index is -1.25. The summed E-state index contributed by atoms with van der Waals surface area (Å²) in [6, 6.07) is 7.96. The fourth-order valence-electron chi connectivity index (χ4n) is 5.62. The van der Waals surface area contributed by atoms with Crippen molar-refractivity contribution in [3.63, 3.8) is 0 Å². The highest BCUT2D eigenvalue weighted by Crippen LogP contribution is 2.48. The Hall–Kier alpha value is -3.59. The molecule has 2 amide bonds. The number of benzene rings is 2. The second kappa shape index (κ2) is 10.7. The molecule has 2 aliphatic rings. The number of hydrogen-bond acceptors (Lipinski definition) is 6. The van der Waals surface area contributed by atoms with E-state index in [1.165, 1.54) is 0 Å². The zero-order valence-corrected chi connectivity index (χ0v) is 25.7. The summed E-state index contributed by atoms with van der Waals surface area (Å²) in [6.45, 7) is 17.5. The molecule has 41 heavy (non-hydrogen) atoms. The van der Waals surface area contributed by atoms with E-state index < -0.39 is 28.8 Å². The Bertz CT molecular complexity index is 1360. The second-order valence-electron chi connectivity index (χ2n) is 13.2. The van der Waals surface area contributed by atoms with Crippen molar-refractivity contribution in [3.05, 3.63) is 46.5 Å². The molecule has 1 spiro atoms. The molecule has 0 bridgehead atoms. The Morgan fingerprint density at radius 3 is 2.02 bits per heavy atom. The van der Waals surface area contributed by atoms with Gasteiger partial charge in [-0.05, 0) is 97.4 Å². The zero-order chi connectivity index (χ0) is 30.5. The number of aliphatic carboxylic acids is 1. The van der Waals surface area contributed by atoms with Gasteiger partial charge in [0.25, 0.3) is 0 Å². The lowest BCUT2D eigenvalue weighted by atomic mass is 9.80. The number of carbonyl (C=O) groups excluding carboxylic acids is 2. The van der Waals surface area contributed by atoms with Crippen LogP contribution in [-0.2, 0) is 19.1 Å². The maximum absolute atomic E-state index is 13.7. The van der Waals surface area contributed by atoms with E-state index in [0.717, 1.165) is 27.9 Å². The average molecular weight is 566 g/mol. The number of carboxylic acids is 1. The second-order valence-corrected chi connectivity index (χ2v) is 13.2. The Labute approximate surface area is 242 Å². The topological polar surface area (TPSA) is 117 Å². The minimum absolute atomic E-state index is 0.200. The molecule has 0 radical (unpaired) electrons. The minimum Gasteiger partial charge on any atom is -0.479 e. The Balaban J connectivity index is 1.81. The molecule has 1 atom stereocenters. The summed E-state index contributed by atoms with van der Waals surface area (Å²) in [6.07, 6.45) is -0.827. The maximum Gasteiger partial charge on any atom is 0.410 e. The first kappa shape index (κ1) is 30.4. The molecule has 2 aromatic rings. The van der Waals surface area contributed by atoms with Gasteiger partial charge in [0, 0.05) is 18.7 Å². The largest absolute Gasteiger partial charge is 0.479 e. The predicted molar refractivity (Wildman–Crippen MR) is 159 cm³/mol. The summed E-state index contributed by atoms with van der Waals surface area (Å²) in [5.74, 6) is -1.30. The maximum atomic E-state index is 13.7. The molecule has 1 fully saturated rings. The molecule has 4 rings (SSSR count). The molecule has 2 heterocycles. The summed E-state index contributed by atoms with van der Waals surface area (Å²) in [5, 5.41) is 17.0. The van der Waals surface area contributed by atoms with Gasteiger partial charge in [-0.1, -0.05) is 29.8 Å². The van der Waals surface area contributed by atoms with E-state index in [-0.39, 0.29) is 12.0 Å². The third kappa shape index (κ3) is 6.20. The number of piperidine rings is 1. The number of rotatable bonds is 4. The van der Waals surface area contributed by atoms with E-state index in [1.54, 1.807) is 4.90 Å². The molecule has 222 valence electrons. The van der Waals surface area contributed by atoms with Crippen LogP contribution >= 0.6 is 0 Å². The lowest BCUT2D eigenvalue weighted by Crippen LogP contribution is -2.59. The van der Waals surface area contributed by atoms with Gasteiger partial charge in [0.2, 0.25) is 5.91 Å². The molecule has 9 heteroatoms. The van der Waals surface area contributed by atoms with Crippen molar-refractivity contribution in [1.29, 1.82) is 0 Å². The van der Waals surface area contributed by atoms with Crippen molar-refractivity contribution in [3.8, 4) is 11.1 Å². The van der Waals surface area contributed by atoms with Crippen LogP contribution in [0.1, 0.15) is 82.7 Å². The first-order valence-corrected chi connectivity index (χ1v) is 14.1. The standard InChI is InChI=1S/C32H43N3O6/c1-18-10-12-21(13-11-18)22-19(2)25-24(20(3)23(22)26(27(36)37)40-30(4,5)6)33-28(38)32(34-25)14-16-35(17-15-32)29(39)41-31(7,8)9/h10-13,26,34H,14-17H2,1-9H3,(H,33,38)(H,36,37). The smallest absolute Gasteiger partial charge is 0.410 e. The monoisotopic (exact) mass is 565 g/mol.